The average molecular weight is 291 g/mol. The highest BCUT2D eigenvalue weighted by molar-refractivity contribution is 5.95. The fraction of sp³-hybridized carbons (Fsp3) is 0.500. The molecule has 2 rings (SSSR count). The predicted octanol–water partition coefficient (Wildman–Crippen LogP) is 3.39. The summed E-state index contributed by atoms with van der Waals surface area (Å²) in [6, 6.07) is 3.95. The fourth-order valence-electron chi connectivity index (χ4n) is 2.72. The van der Waals surface area contributed by atoms with E-state index in [1.165, 1.54) is 31.4 Å². The van der Waals surface area contributed by atoms with Crippen molar-refractivity contribution < 1.29 is 19.8 Å². The van der Waals surface area contributed by atoms with Gasteiger partial charge in [-0.05, 0) is 31.0 Å². The van der Waals surface area contributed by atoms with Crippen LogP contribution in [0.5, 0.6) is 5.75 Å². The van der Waals surface area contributed by atoms with E-state index in [9.17, 15) is 14.7 Å². The number of anilines is 1. The monoisotopic (exact) mass is 291 g/mol. The van der Waals surface area contributed by atoms with E-state index in [0.717, 1.165) is 31.7 Å². The summed E-state index contributed by atoms with van der Waals surface area (Å²) in [4.78, 5) is 23.1. The molecular formula is C16H21NO4. The van der Waals surface area contributed by atoms with E-state index < -0.39 is 5.97 Å². The molecule has 0 spiro atoms. The summed E-state index contributed by atoms with van der Waals surface area (Å²) in [6.07, 6.45) is 7.44. The summed E-state index contributed by atoms with van der Waals surface area (Å²) < 4.78 is 0. The van der Waals surface area contributed by atoms with Crippen molar-refractivity contribution in [2.24, 2.45) is 5.92 Å². The standard InChI is InChI=1S/C16H21NO4/c18-14-10-12(16(20)21)8-9-13(14)17-15(19)11-6-4-2-1-3-5-7-11/h8-11,18H,1-7H2,(H,17,19)(H,20,21). The molecule has 21 heavy (non-hydrogen) atoms. The Balaban J connectivity index is 2.02. The van der Waals surface area contributed by atoms with Crippen LogP contribution in [-0.2, 0) is 4.79 Å². The van der Waals surface area contributed by atoms with Crippen LogP contribution in [0.1, 0.15) is 55.3 Å². The topological polar surface area (TPSA) is 86.6 Å². The van der Waals surface area contributed by atoms with Gasteiger partial charge in [-0.3, -0.25) is 4.79 Å². The molecule has 1 saturated carbocycles. The molecule has 114 valence electrons. The van der Waals surface area contributed by atoms with Crippen LogP contribution in [0.25, 0.3) is 0 Å². The lowest BCUT2D eigenvalue weighted by Crippen LogP contribution is -2.23. The molecule has 1 amide bonds. The van der Waals surface area contributed by atoms with E-state index in [0.29, 0.717) is 0 Å². The van der Waals surface area contributed by atoms with Crippen LogP contribution < -0.4 is 5.32 Å². The van der Waals surface area contributed by atoms with Crippen LogP contribution in [0.4, 0.5) is 5.69 Å². The highest BCUT2D eigenvalue weighted by Gasteiger charge is 2.20. The van der Waals surface area contributed by atoms with E-state index in [2.05, 4.69) is 5.32 Å². The largest absolute Gasteiger partial charge is 0.506 e. The van der Waals surface area contributed by atoms with Crippen LogP contribution in [0, 0.1) is 5.92 Å². The fourth-order valence-corrected chi connectivity index (χ4v) is 2.72. The van der Waals surface area contributed by atoms with E-state index in [1.807, 2.05) is 0 Å². The minimum Gasteiger partial charge on any atom is -0.506 e. The normalized spacial score (nSPS) is 16.8. The second-order valence-corrected chi connectivity index (χ2v) is 5.57. The van der Waals surface area contributed by atoms with Gasteiger partial charge in [0.15, 0.2) is 0 Å². The van der Waals surface area contributed by atoms with E-state index in [1.54, 1.807) is 0 Å². The minimum absolute atomic E-state index is 0.00328. The number of rotatable bonds is 3. The van der Waals surface area contributed by atoms with Gasteiger partial charge in [-0.15, -0.1) is 0 Å². The third-order valence-electron chi connectivity index (χ3n) is 3.98. The molecule has 1 aromatic rings. The Morgan fingerprint density at radius 3 is 2.24 bits per heavy atom. The first-order valence-electron chi connectivity index (χ1n) is 7.45. The molecule has 0 atom stereocenters. The number of aromatic carboxylic acids is 1. The quantitative estimate of drug-likeness (QED) is 0.745. The summed E-state index contributed by atoms with van der Waals surface area (Å²) in [6.45, 7) is 0. The second kappa shape index (κ2) is 7.11. The number of carbonyl (C=O) groups excluding carboxylic acids is 1. The lowest BCUT2D eigenvalue weighted by atomic mass is 9.90. The third-order valence-corrected chi connectivity index (χ3v) is 3.98. The Labute approximate surface area is 124 Å². The molecule has 1 aliphatic rings. The zero-order chi connectivity index (χ0) is 15.2. The summed E-state index contributed by atoms with van der Waals surface area (Å²) in [5, 5.41) is 21.4. The molecule has 1 fully saturated rings. The summed E-state index contributed by atoms with van der Waals surface area (Å²) in [5.74, 6) is -1.43. The van der Waals surface area contributed by atoms with Gasteiger partial charge in [-0.1, -0.05) is 32.1 Å². The van der Waals surface area contributed by atoms with Crippen molar-refractivity contribution in [3.63, 3.8) is 0 Å². The maximum absolute atomic E-state index is 12.3. The Kier molecular flexibility index (Phi) is 5.20. The Hall–Kier alpha value is -2.04. The lowest BCUT2D eigenvalue weighted by Gasteiger charge is -2.19. The number of phenolic OH excluding ortho intramolecular Hbond substituents is 1. The second-order valence-electron chi connectivity index (χ2n) is 5.57. The van der Waals surface area contributed by atoms with Crippen LogP contribution in [-0.4, -0.2) is 22.1 Å². The van der Waals surface area contributed by atoms with Crippen molar-refractivity contribution in [1.29, 1.82) is 0 Å². The van der Waals surface area contributed by atoms with Gasteiger partial charge in [0.05, 0.1) is 11.3 Å². The molecule has 1 aliphatic carbocycles. The lowest BCUT2D eigenvalue weighted by molar-refractivity contribution is -0.120. The van der Waals surface area contributed by atoms with Gasteiger partial charge in [0.2, 0.25) is 5.91 Å². The molecule has 0 heterocycles. The maximum atomic E-state index is 12.3. The van der Waals surface area contributed by atoms with Crippen molar-refractivity contribution in [3.05, 3.63) is 23.8 Å². The number of amides is 1. The molecule has 0 aliphatic heterocycles. The predicted molar refractivity (Wildman–Crippen MR) is 79.5 cm³/mol. The van der Waals surface area contributed by atoms with Crippen molar-refractivity contribution in [3.8, 4) is 5.75 Å². The van der Waals surface area contributed by atoms with Crippen LogP contribution in [0.15, 0.2) is 18.2 Å². The van der Waals surface area contributed by atoms with E-state index >= 15 is 0 Å². The Bertz CT molecular complexity index is 519. The third kappa shape index (κ3) is 4.21. The van der Waals surface area contributed by atoms with E-state index in [-0.39, 0.29) is 28.8 Å². The number of benzene rings is 1. The van der Waals surface area contributed by atoms with Crippen molar-refractivity contribution in [2.45, 2.75) is 44.9 Å². The SMILES string of the molecule is O=C(O)c1ccc(NC(=O)C2CCCCCCC2)c(O)c1. The van der Waals surface area contributed by atoms with Gasteiger partial charge < -0.3 is 15.5 Å². The Morgan fingerprint density at radius 1 is 1.05 bits per heavy atom. The molecule has 0 radical (unpaired) electrons. The van der Waals surface area contributed by atoms with Crippen molar-refractivity contribution in [1.82, 2.24) is 0 Å². The molecule has 3 N–H and O–H groups in total. The highest BCUT2D eigenvalue weighted by Crippen LogP contribution is 2.27. The molecular weight excluding hydrogens is 270 g/mol. The number of carboxylic acid groups (broad SMARTS) is 1. The molecule has 5 heteroatoms. The molecule has 5 nitrogen and oxygen atoms in total. The average Bonchev–Trinajstić information content (AvgIpc) is 2.40. The molecule has 0 saturated heterocycles. The first kappa shape index (κ1) is 15.4. The minimum atomic E-state index is -1.11. The molecule has 0 unspecified atom stereocenters. The molecule has 0 bridgehead atoms. The number of aromatic hydroxyl groups is 1. The number of carboxylic acids is 1. The maximum Gasteiger partial charge on any atom is 0.335 e. The number of hydrogen-bond donors (Lipinski definition) is 3. The number of carbonyl (C=O) groups is 2. The number of nitrogens with one attached hydrogen (secondary N) is 1. The van der Waals surface area contributed by atoms with Crippen LogP contribution in [0.2, 0.25) is 0 Å². The van der Waals surface area contributed by atoms with Gasteiger partial charge in [0.25, 0.3) is 0 Å². The summed E-state index contributed by atoms with van der Waals surface area (Å²) in [5.41, 5.74) is 0.267. The number of hydrogen-bond acceptors (Lipinski definition) is 3. The first-order chi connectivity index (χ1) is 10.1. The summed E-state index contributed by atoms with van der Waals surface area (Å²) >= 11 is 0. The molecule has 1 aromatic carbocycles. The van der Waals surface area contributed by atoms with Gasteiger partial charge in [-0.2, -0.15) is 0 Å². The van der Waals surface area contributed by atoms with Crippen LogP contribution >= 0.6 is 0 Å². The first-order valence-corrected chi connectivity index (χ1v) is 7.45. The molecule has 0 aromatic heterocycles. The van der Waals surface area contributed by atoms with Gasteiger partial charge in [0.1, 0.15) is 5.75 Å². The number of phenols is 1. The van der Waals surface area contributed by atoms with Crippen LogP contribution in [0.3, 0.4) is 0 Å². The van der Waals surface area contributed by atoms with E-state index in [4.69, 9.17) is 5.11 Å². The van der Waals surface area contributed by atoms with Gasteiger partial charge in [-0.25, -0.2) is 4.79 Å². The smallest absolute Gasteiger partial charge is 0.335 e. The Morgan fingerprint density at radius 2 is 1.67 bits per heavy atom. The highest BCUT2D eigenvalue weighted by atomic mass is 16.4. The summed E-state index contributed by atoms with van der Waals surface area (Å²) in [7, 11) is 0. The van der Waals surface area contributed by atoms with Crippen molar-refractivity contribution >= 4 is 17.6 Å². The zero-order valence-electron chi connectivity index (χ0n) is 12.0. The van der Waals surface area contributed by atoms with Gasteiger partial charge >= 0.3 is 5.97 Å². The van der Waals surface area contributed by atoms with Gasteiger partial charge in [0, 0.05) is 5.92 Å². The van der Waals surface area contributed by atoms with Crippen molar-refractivity contribution in [2.75, 3.05) is 5.32 Å². The zero-order valence-corrected chi connectivity index (χ0v) is 12.0.